The van der Waals surface area contributed by atoms with Crippen molar-refractivity contribution >= 4 is 23.1 Å². The van der Waals surface area contributed by atoms with Gasteiger partial charge in [-0.25, -0.2) is 4.98 Å². The van der Waals surface area contributed by atoms with Crippen molar-refractivity contribution in [1.82, 2.24) is 9.55 Å². The molecule has 2 N–H and O–H groups in total. The van der Waals surface area contributed by atoms with E-state index in [0.717, 1.165) is 11.6 Å². The second kappa shape index (κ2) is 5.71. The Labute approximate surface area is 110 Å². The fourth-order valence-electron chi connectivity index (χ4n) is 1.60. The highest BCUT2D eigenvalue weighted by Gasteiger charge is 2.22. The lowest BCUT2D eigenvalue weighted by atomic mass is 10.1. The van der Waals surface area contributed by atoms with Crippen LogP contribution < -0.4 is 5.73 Å². The molecule has 0 amide bonds. The Kier molecular flexibility index (Phi) is 4.25. The second-order valence-corrected chi connectivity index (χ2v) is 6.03. The van der Waals surface area contributed by atoms with E-state index in [2.05, 4.69) is 29.4 Å². The van der Waals surface area contributed by atoms with Gasteiger partial charge in [-0.3, -0.25) is 0 Å². The summed E-state index contributed by atoms with van der Waals surface area (Å²) in [6.07, 6.45) is 4.76. The number of aromatic nitrogens is 2. The van der Waals surface area contributed by atoms with Gasteiger partial charge in [0, 0.05) is 30.4 Å². The first-order chi connectivity index (χ1) is 8.22. The molecule has 2 aromatic rings. The largest absolute Gasteiger partial charge is 0.329 e. The molecule has 0 aromatic carbocycles. The third-order valence-electron chi connectivity index (χ3n) is 2.69. The van der Waals surface area contributed by atoms with Crippen molar-refractivity contribution in [3.8, 4) is 0 Å². The van der Waals surface area contributed by atoms with Crippen LogP contribution in [0.3, 0.4) is 0 Å². The molecule has 5 heteroatoms. The Morgan fingerprint density at radius 2 is 2.41 bits per heavy atom. The summed E-state index contributed by atoms with van der Waals surface area (Å²) in [6, 6.07) is 4.39. The highest BCUT2D eigenvalue weighted by atomic mass is 32.2. The molecule has 0 saturated heterocycles. The van der Waals surface area contributed by atoms with Crippen molar-refractivity contribution in [2.24, 2.45) is 12.8 Å². The molecule has 3 nitrogen and oxygen atoms in total. The molecule has 2 rings (SSSR count). The highest BCUT2D eigenvalue weighted by molar-refractivity contribution is 7.99. The van der Waals surface area contributed by atoms with Crippen molar-refractivity contribution in [3.63, 3.8) is 0 Å². The molecular formula is C12H17N3S2. The zero-order valence-corrected chi connectivity index (χ0v) is 11.7. The van der Waals surface area contributed by atoms with E-state index in [1.165, 1.54) is 4.88 Å². The van der Waals surface area contributed by atoms with E-state index in [1.54, 1.807) is 23.1 Å². The molecule has 2 unspecified atom stereocenters. The normalized spacial score (nSPS) is 14.8. The summed E-state index contributed by atoms with van der Waals surface area (Å²) in [7, 11) is 2.01. The molecule has 2 atom stereocenters. The lowest BCUT2D eigenvalue weighted by Gasteiger charge is -2.20. The van der Waals surface area contributed by atoms with E-state index in [0.29, 0.717) is 5.25 Å². The maximum absolute atomic E-state index is 6.22. The van der Waals surface area contributed by atoms with E-state index in [1.807, 2.05) is 24.0 Å². The van der Waals surface area contributed by atoms with E-state index >= 15 is 0 Å². The number of thioether (sulfide) groups is 1. The van der Waals surface area contributed by atoms with E-state index in [-0.39, 0.29) is 6.04 Å². The van der Waals surface area contributed by atoms with Gasteiger partial charge in [-0.2, -0.15) is 0 Å². The van der Waals surface area contributed by atoms with Crippen LogP contribution in [-0.2, 0) is 7.05 Å². The standard InChI is InChI=1S/C12H17N3S2/c1-3-9(13)11(10-5-4-8-16-10)17-12-14-6-7-15(12)2/h4-9,11H,3,13H2,1-2H3. The average molecular weight is 267 g/mol. The van der Waals surface area contributed by atoms with Gasteiger partial charge in [-0.15, -0.1) is 11.3 Å². The lowest BCUT2D eigenvalue weighted by Crippen LogP contribution is -2.25. The fraction of sp³-hybridized carbons (Fsp3) is 0.417. The molecule has 0 saturated carbocycles. The zero-order valence-electron chi connectivity index (χ0n) is 10.0. The minimum Gasteiger partial charge on any atom is -0.329 e. The Hall–Kier alpha value is -0.780. The van der Waals surface area contributed by atoms with Crippen LogP contribution >= 0.6 is 23.1 Å². The summed E-state index contributed by atoms with van der Waals surface area (Å²) in [5, 5.41) is 3.41. The molecule has 2 heterocycles. The number of nitrogens with zero attached hydrogens (tertiary/aromatic N) is 2. The van der Waals surface area contributed by atoms with Crippen molar-refractivity contribution in [2.75, 3.05) is 0 Å². The molecule has 92 valence electrons. The third-order valence-corrected chi connectivity index (χ3v) is 5.26. The van der Waals surface area contributed by atoms with Crippen LogP contribution in [0, 0.1) is 0 Å². The third kappa shape index (κ3) is 2.91. The second-order valence-electron chi connectivity index (χ2n) is 3.95. The molecule has 0 spiro atoms. The Balaban J connectivity index is 2.20. The highest BCUT2D eigenvalue weighted by Crippen LogP contribution is 2.39. The summed E-state index contributed by atoms with van der Waals surface area (Å²) < 4.78 is 2.04. The Morgan fingerprint density at radius 1 is 1.59 bits per heavy atom. The molecule has 0 fully saturated rings. The topological polar surface area (TPSA) is 43.8 Å². The number of rotatable bonds is 5. The molecule has 0 radical (unpaired) electrons. The summed E-state index contributed by atoms with van der Waals surface area (Å²) in [4.78, 5) is 5.68. The summed E-state index contributed by atoms with van der Waals surface area (Å²) >= 11 is 3.51. The molecule has 0 aliphatic rings. The van der Waals surface area contributed by atoms with Gasteiger partial charge in [0.2, 0.25) is 0 Å². The molecule has 2 aromatic heterocycles. The van der Waals surface area contributed by atoms with Gasteiger partial charge in [-0.1, -0.05) is 24.8 Å². The quantitative estimate of drug-likeness (QED) is 0.847. The van der Waals surface area contributed by atoms with E-state index in [4.69, 9.17) is 5.73 Å². The van der Waals surface area contributed by atoms with Gasteiger partial charge in [0.05, 0.1) is 5.25 Å². The molecule has 17 heavy (non-hydrogen) atoms. The van der Waals surface area contributed by atoms with Crippen LogP contribution in [0.25, 0.3) is 0 Å². The first-order valence-electron chi connectivity index (χ1n) is 5.65. The fourth-order valence-corrected chi connectivity index (χ4v) is 3.83. The lowest BCUT2D eigenvalue weighted by molar-refractivity contribution is 0.636. The number of thiophene rings is 1. The van der Waals surface area contributed by atoms with Crippen molar-refractivity contribution < 1.29 is 0 Å². The first-order valence-corrected chi connectivity index (χ1v) is 7.41. The van der Waals surface area contributed by atoms with Crippen LogP contribution in [0.1, 0.15) is 23.5 Å². The van der Waals surface area contributed by atoms with Crippen LogP contribution in [-0.4, -0.2) is 15.6 Å². The van der Waals surface area contributed by atoms with Gasteiger partial charge >= 0.3 is 0 Å². The maximum Gasteiger partial charge on any atom is 0.168 e. The molecular weight excluding hydrogens is 250 g/mol. The van der Waals surface area contributed by atoms with Crippen LogP contribution in [0.4, 0.5) is 0 Å². The number of aryl methyl sites for hydroxylation is 1. The van der Waals surface area contributed by atoms with Crippen molar-refractivity contribution in [2.45, 2.75) is 29.8 Å². The van der Waals surface area contributed by atoms with Gasteiger partial charge in [0.15, 0.2) is 5.16 Å². The van der Waals surface area contributed by atoms with Gasteiger partial charge in [-0.05, 0) is 17.9 Å². The van der Waals surface area contributed by atoms with Crippen LogP contribution in [0.15, 0.2) is 35.1 Å². The Bertz CT molecular complexity index is 450. The molecule has 0 bridgehead atoms. The Morgan fingerprint density at radius 3 is 2.94 bits per heavy atom. The van der Waals surface area contributed by atoms with Gasteiger partial charge in [0.1, 0.15) is 0 Å². The number of imidazole rings is 1. The summed E-state index contributed by atoms with van der Waals surface area (Å²) in [6.45, 7) is 2.13. The van der Waals surface area contributed by atoms with E-state index < -0.39 is 0 Å². The number of hydrogen-bond acceptors (Lipinski definition) is 4. The van der Waals surface area contributed by atoms with Crippen LogP contribution in [0.5, 0.6) is 0 Å². The first kappa shape index (κ1) is 12.7. The average Bonchev–Trinajstić information content (AvgIpc) is 2.97. The predicted octanol–water partition coefficient (Wildman–Crippen LogP) is 3.05. The predicted molar refractivity (Wildman–Crippen MR) is 74.4 cm³/mol. The zero-order chi connectivity index (χ0) is 12.3. The minimum absolute atomic E-state index is 0.162. The SMILES string of the molecule is CCC(N)C(Sc1nccn1C)c1cccs1. The van der Waals surface area contributed by atoms with Gasteiger partial charge < -0.3 is 10.3 Å². The van der Waals surface area contributed by atoms with Crippen molar-refractivity contribution in [3.05, 3.63) is 34.8 Å². The van der Waals surface area contributed by atoms with Gasteiger partial charge in [0.25, 0.3) is 0 Å². The number of nitrogens with two attached hydrogens (primary N) is 1. The molecule has 0 aliphatic heterocycles. The summed E-state index contributed by atoms with van der Waals surface area (Å²) in [5.41, 5.74) is 6.22. The molecule has 0 aliphatic carbocycles. The van der Waals surface area contributed by atoms with Crippen molar-refractivity contribution in [1.29, 1.82) is 0 Å². The maximum atomic E-state index is 6.22. The smallest absolute Gasteiger partial charge is 0.168 e. The van der Waals surface area contributed by atoms with Crippen LogP contribution in [0.2, 0.25) is 0 Å². The summed E-state index contributed by atoms with van der Waals surface area (Å²) in [5.74, 6) is 0. The monoisotopic (exact) mass is 267 g/mol. The minimum atomic E-state index is 0.162. The number of hydrogen-bond donors (Lipinski definition) is 1. The van der Waals surface area contributed by atoms with E-state index in [9.17, 15) is 0 Å².